The van der Waals surface area contributed by atoms with E-state index in [-0.39, 0.29) is 0 Å². The van der Waals surface area contributed by atoms with E-state index < -0.39 is 24.4 Å². The monoisotopic (exact) mass is 341 g/mol. The van der Waals surface area contributed by atoms with Gasteiger partial charge in [0, 0.05) is 31.0 Å². The summed E-state index contributed by atoms with van der Waals surface area (Å²) in [6.45, 7) is -0.411. The summed E-state index contributed by atoms with van der Waals surface area (Å²) in [6.07, 6.45) is 0. The highest BCUT2D eigenvalue weighted by Crippen LogP contribution is 2.13. The standard InChI is InChI=1S/C18H19N3O4/c1-21(2)15-9-5-13(6-10-15)18(24)25-11-16(22)20-14-7-3-12(4-8-14)17(19)23/h3-10H,11H2,1-2H3,(H2,19,23)(H,20,22). The minimum atomic E-state index is -0.579. The molecule has 2 amide bonds. The molecule has 2 aromatic rings. The van der Waals surface area contributed by atoms with Crippen LogP contribution in [0, 0.1) is 0 Å². The lowest BCUT2D eigenvalue weighted by atomic mass is 10.2. The second kappa shape index (κ2) is 7.96. The molecular formula is C18H19N3O4. The summed E-state index contributed by atoms with van der Waals surface area (Å²) in [4.78, 5) is 36.6. The molecule has 0 unspecified atom stereocenters. The number of carbonyl (C=O) groups excluding carboxylic acids is 3. The quantitative estimate of drug-likeness (QED) is 0.778. The molecule has 2 rings (SSSR count). The Kier molecular flexibility index (Phi) is 5.73. The van der Waals surface area contributed by atoms with Crippen LogP contribution in [0.5, 0.6) is 0 Å². The second-order valence-electron chi connectivity index (χ2n) is 5.51. The lowest BCUT2D eigenvalue weighted by Gasteiger charge is -2.12. The Bertz CT molecular complexity index is 768. The average molecular weight is 341 g/mol. The number of amides is 2. The molecule has 7 nitrogen and oxygen atoms in total. The van der Waals surface area contributed by atoms with Gasteiger partial charge in [0.15, 0.2) is 6.61 Å². The predicted octanol–water partition coefficient (Wildman–Crippen LogP) is 1.65. The highest BCUT2D eigenvalue weighted by molar-refractivity contribution is 5.96. The number of primary amides is 1. The summed E-state index contributed by atoms with van der Waals surface area (Å²) < 4.78 is 4.99. The van der Waals surface area contributed by atoms with Crippen LogP contribution in [-0.2, 0) is 9.53 Å². The van der Waals surface area contributed by atoms with Crippen molar-refractivity contribution in [3.8, 4) is 0 Å². The zero-order valence-electron chi connectivity index (χ0n) is 14.0. The van der Waals surface area contributed by atoms with Crippen molar-refractivity contribution in [2.24, 2.45) is 5.73 Å². The fourth-order valence-electron chi connectivity index (χ4n) is 2.02. The van der Waals surface area contributed by atoms with Crippen molar-refractivity contribution in [1.82, 2.24) is 0 Å². The van der Waals surface area contributed by atoms with Gasteiger partial charge < -0.3 is 20.7 Å². The van der Waals surface area contributed by atoms with Crippen molar-refractivity contribution in [3.05, 3.63) is 59.7 Å². The number of nitrogens with zero attached hydrogens (tertiary/aromatic N) is 1. The number of esters is 1. The number of benzene rings is 2. The Morgan fingerprint density at radius 1 is 0.960 bits per heavy atom. The molecule has 25 heavy (non-hydrogen) atoms. The van der Waals surface area contributed by atoms with E-state index in [0.29, 0.717) is 16.8 Å². The van der Waals surface area contributed by atoms with Crippen LogP contribution in [-0.4, -0.2) is 38.5 Å². The summed E-state index contributed by atoms with van der Waals surface area (Å²) in [6, 6.07) is 12.9. The van der Waals surface area contributed by atoms with Gasteiger partial charge in [-0.2, -0.15) is 0 Å². The SMILES string of the molecule is CN(C)c1ccc(C(=O)OCC(=O)Nc2ccc(C(N)=O)cc2)cc1. The Morgan fingerprint density at radius 2 is 1.52 bits per heavy atom. The molecule has 0 saturated heterocycles. The summed E-state index contributed by atoms with van der Waals surface area (Å²) in [5.41, 5.74) is 7.27. The number of nitrogens with two attached hydrogens (primary N) is 1. The Labute approximate surface area is 145 Å². The maximum atomic E-state index is 11.9. The molecule has 0 saturated carbocycles. The van der Waals surface area contributed by atoms with Gasteiger partial charge in [-0.1, -0.05) is 0 Å². The third-order valence-corrected chi connectivity index (χ3v) is 3.41. The van der Waals surface area contributed by atoms with E-state index >= 15 is 0 Å². The molecule has 7 heteroatoms. The molecule has 2 aromatic carbocycles. The Morgan fingerprint density at radius 3 is 2.04 bits per heavy atom. The molecule has 0 bridgehead atoms. The maximum absolute atomic E-state index is 11.9. The van der Waals surface area contributed by atoms with Crippen LogP contribution in [0.1, 0.15) is 20.7 Å². The van der Waals surface area contributed by atoms with Crippen molar-refractivity contribution in [2.45, 2.75) is 0 Å². The fourth-order valence-corrected chi connectivity index (χ4v) is 2.02. The van der Waals surface area contributed by atoms with Crippen molar-refractivity contribution in [2.75, 3.05) is 30.9 Å². The minimum absolute atomic E-state index is 0.339. The van der Waals surface area contributed by atoms with Crippen LogP contribution in [0.2, 0.25) is 0 Å². The van der Waals surface area contributed by atoms with Crippen LogP contribution in [0.4, 0.5) is 11.4 Å². The van der Waals surface area contributed by atoms with E-state index in [0.717, 1.165) is 5.69 Å². The van der Waals surface area contributed by atoms with Gasteiger partial charge in [0.25, 0.3) is 5.91 Å². The van der Waals surface area contributed by atoms with Gasteiger partial charge >= 0.3 is 5.97 Å². The zero-order chi connectivity index (χ0) is 18.4. The Balaban J connectivity index is 1.86. The number of hydrogen-bond acceptors (Lipinski definition) is 5. The summed E-state index contributed by atoms with van der Waals surface area (Å²) in [7, 11) is 3.79. The molecular weight excluding hydrogens is 322 g/mol. The van der Waals surface area contributed by atoms with Crippen LogP contribution in [0.3, 0.4) is 0 Å². The lowest BCUT2D eigenvalue weighted by Crippen LogP contribution is -2.21. The van der Waals surface area contributed by atoms with Gasteiger partial charge in [-0.15, -0.1) is 0 Å². The van der Waals surface area contributed by atoms with Crippen LogP contribution in [0.15, 0.2) is 48.5 Å². The largest absolute Gasteiger partial charge is 0.452 e. The van der Waals surface area contributed by atoms with E-state index in [9.17, 15) is 14.4 Å². The molecule has 0 aromatic heterocycles. The van der Waals surface area contributed by atoms with Crippen LogP contribution in [0.25, 0.3) is 0 Å². The summed E-state index contributed by atoms with van der Waals surface area (Å²) in [5, 5.41) is 2.56. The highest BCUT2D eigenvalue weighted by Gasteiger charge is 2.11. The highest BCUT2D eigenvalue weighted by atomic mass is 16.5. The molecule has 0 fully saturated rings. The number of anilines is 2. The van der Waals surface area contributed by atoms with E-state index in [1.807, 2.05) is 19.0 Å². The first-order valence-corrected chi connectivity index (χ1v) is 7.51. The molecule has 0 atom stereocenters. The molecule has 0 spiro atoms. The van der Waals surface area contributed by atoms with Gasteiger partial charge in [-0.3, -0.25) is 9.59 Å². The van der Waals surface area contributed by atoms with E-state index in [4.69, 9.17) is 10.5 Å². The van der Waals surface area contributed by atoms with Crippen molar-refractivity contribution in [3.63, 3.8) is 0 Å². The number of carbonyl (C=O) groups is 3. The first-order valence-electron chi connectivity index (χ1n) is 7.51. The van der Waals surface area contributed by atoms with E-state index in [1.54, 1.807) is 36.4 Å². The zero-order valence-corrected chi connectivity index (χ0v) is 14.0. The molecule has 130 valence electrons. The smallest absolute Gasteiger partial charge is 0.338 e. The third-order valence-electron chi connectivity index (χ3n) is 3.41. The summed E-state index contributed by atoms with van der Waals surface area (Å²) in [5.74, 6) is -1.61. The third kappa shape index (κ3) is 5.07. The minimum Gasteiger partial charge on any atom is -0.452 e. The number of nitrogens with one attached hydrogen (secondary N) is 1. The van der Waals surface area contributed by atoms with Gasteiger partial charge in [-0.25, -0.2) is 4.79 Å². The first-order chi connectivity index (χ1) is 11.9. The van der Waals surface area contributed by atoms with Crippen molar-refractivity contribution in [1.29, 1.82) is 0 Å². The second-order valence-corrected chi connectivity index (χ2v) is 5.51. The average Bonchev–Trinajstić information content (AvgIpc) is 2.60. The lowest BCUT2D eigenvalue weighted by molar-refractivity contribution is -0.119. The molecule has 3 N–H and O–H groups in total. The maximum Gasteiger partial charge on any atom is 0.338 e. The van der Waals surface area contributed by atoms with Crippen LogP contribution < -0.4 is 16.0 Å². The molecule has 0 aliphatic rings. The Hall–Kier alpha value is -3.35. The number of ether oxygens (including phenoxy) is 1. The molecule has 0 aliphatic carbocycles. The van der Waals surface area contributed by atoms with Gasteiger partial charge in [-0.05, 0) is 48.5 Å². The van der Waals surface area contributed by atoms with Crippen molar-refractivity contribution >= 4 is 29.2 Å². The molecule has 0 heterocycles. The van der Waals surface area contributed by atoms with Gasteiger partial charge in [0.1, 0.15) is 0 Å². The van der Waals surface area contributed by atoms with E-state index in [2.05, 4.69) is 5.32 Å². The van der Waals surface area contributed by atoms with Crippen molar-refractivity contribution < 1.29 is 19.1 Å². The number of hydrogen-bond donors (Lipinski definition) is 2. The van der Waals surface area contributed by atoms with Gasteiger partial charge in [0.2, 0.25) is 5.91 Å². The normalized spacial score (nSPS) is 10.0. The molecule has 0 aliphatic heterocycles. The van der Waals surface area contributed by atoms with Gasteiger partial charge in [0.05, 0.1) is 5.56 Å². The van der Waals surface area contributed by atoms with E-state index in [1.165, 1.54) is 12.1 Å². The topological polar surface area (TPSA) is 102 Å². The summed E-state index contributed by atoms with van der Waals surface area (Å²) >= 11 is 0. The fraction of sp³-hybridized carbons (Fsp3) is 0.167. The molecule has 0 radical (unpaired) electrons. The number of rotatable bonds is 6. The first kappa shape index (κ1) is 18.0. The van der Waals surface area contributed by atoms with Crippen LogP contribution >= 0.6 is 0 Å². The predicted molar refractivity (Wildman–Crippen MR) is 94.6 cm³/mol.